The van der Waals surface area contributed by atoms with Crippen LogP contribution in [0, 0.1) is 6.92 Å². The third kappa shape index (κ3) is 4.43. The predicted octanol–water partition coefficient (Wildman–Crippen LogP) is 3.60. The van der Waals surface area contributed by atoms with Crippen LogP contribution in [0.25, 0.3) is 0 Å². The Balaban J connectivity index is 2.03. The molecule has 0 bridgehead atoms. The summed E-state index contributed by atoms with van der Waals surface area (Å²) in [6.45, 7) is 9.37. The highest BCUT2D eigenvalue weighted by Gasteiger charge is 2.25. The normalized spacial score (nSPS) is 17.8. The largest absolute Gasteiger partial charge is 0.367 e. The fourth-order valence-corrected chi connectivity index (χ4v) is 2.00. The first kappa shape index (κ1) is 13.6. The van der Waals surface area contributed by atoms with Crippen molar-refractivity contribution in [3.05, 3.63) is 35.4 Å². The number of aryl methyl sites for hydroxylation is 1. The number of nitrogens with one attached hydrogen (secondary N) is 1. The van der Waals surface area contributed by atoms with E-state index in [2.05, 4.69) is 57.3 Å². The van der Waals surface area contributed by atoms with Gasteiger partial charge < -0.3 is 10.1 Å². The van der Waals surface area contributed by atoms with Crippen LogP contribution in [0.15, 0.2) is 24.3 Å². The summed E-state index contributed by atoms with van der Waals surface area (Å²) in [5.41, 5.74) is 2.45. The summed E-state index contributed by atoms with van der Waals surface area (Å²) < 4.78 is 6.18. The molecule has 2 nitrogen and oxygen atoms in total. The maximum atomic E-state index is 6.18. The highest BCUT2D eigenvalue weighted by Crippen LogP contribution is 2.26. The molecule has 100 valence electrons. The maximum Gasteiger partial charge on any atom is 0.0956 e. The van der Waals surface area contributed by atoms with Crippen molar-refractivity contribution in [1.82, 2.24) is 5.32 Å². The minimum absolute atomic E-state index is 0.110. The molecule has 0 saturated heterocycles. The quantitative estimate of drug-likeness (QED) is 0.858. The van der Waals surface area contributed by atoms with Crippen LogP contribution in [0.2, 0.25) is 0 Å². The van der Waals surface area contributed by atoms with E-state index in [1.807, 2.05) is 0 Å². The number of hydrogen-bond acceptors (Lipinski definition) is 2. The SMILES string of the molecule is Cc1ccc(C(CNC2CC2)OC(C)(C)C)cc1. The zero-order valence-electron chi connectivity index (χ0n) is 12.0. The maximum absolute atomic E-state index is 6.18. The zero-order chi connectivity index (χ0) is 13.2. The Labute approximate surface area is 111 Å². The van der Waals surface area contributed by atoms with E-state index in [0.717, 1.165) is 12.6 Å². The van der Waals surface area contributed by atoms with Gasteiger partial charge in [-0.15, -0.1) is 0 Å². The van der Waals surface area contributed by atoms with Crippen molar-refractivity contribution in [1.29, 1.82) is 0 Å². The van der Waals surface area contributed by atoms with Crippen LogP contribution in [0.3, 0.4) is 0 Å². The summed E-state index contributed by atoms with van der Waals surface area (Å²) in [7, 11) is 0. The topological polar surface area (TPSA) is 21.3 Å². The van der Waals surface area contributed by atoms with Gasteiger partial charge in [0.2, 0.25) is 0 Å². The Hall–Kier alpha value is -0.860. The molecule has 0 aliphatic heterocycles. The standard InChI is InChI=1S/C16H25NO/c1-12-5-7-13(8-6-12)15(18-16(2,3)4)11-17-14-9-10-14/h5-8,14-15,17H,9-11H2,1-4H3. The van der Waals surface area contributed by atoms with Crippen molar-refractivity contribution in [2.75, 3.05) is 6.54 Å². The number of benzene rings is 1. The molecule has 1 aliphatic rings. The smallest absolute Gasteiger partial charge is 0.0956 e. The third-order valence-corrected chi connectivity index (χ3v) is 3.11. The molecule has 1 atom stereocenters. The van der Waals surface area contributed by atoms with E-state index < -0.39 is 0 Å². The number of hydrogen-bond donors (Lipinski definition) is 1. The molecule has 1 unspecified atom stereocenters. The van der Waals surface area contributed by atoms with Crippen LogP contribution < -0.4 is 5.32 Å². The second-order valence-electron chi connectivity index (χ2n) is 6.31. The highest BCUT2D eigenvalue weighted by molar-refractivity contribution is 5.23. The lowest BCUT2D eigenvalue weighted by atomic mass is 10.1. The first-order chi connectivity index (χ1) is 8.44. The van der Waals surface area contributed by atoms with Crippen molar-refractivity contribution >= 4 is 0 Å². The molecule has 18 heavy (non-hydrogen) atoms. The van der Waals surface area contributed by atoms with Crippen molar-refractivity contribution in [3.63, 3.8) is 0 Å². The summed E-state index contributed by atoms with van der Waals surface area (Å²) in [4.78, 5) is 0. The van der Waals surface area contributed by atoms with Gasteiger partial charge in [0.15, 0.2) is 0 Å². The van der Waals surface area contributed by atoms with Crippen LogP contribution in [-0.4, -0.2) is 18.2 Å². The molecule has 0 radical (unpaired) electrons. The van der Waals surface area contributed by atoms with Gasteiger partial charge in [0, 0.05) is 12.6 Å². The lowest BCUT2D eigenvalue weighted by molar-refractivity contribution is -0.0607. The Morgan fingerprint density at radius 1 is 1.22 bits per heavy atom. The molecule has 0 heterocycles. The van der Waals surface area contributed by atoms with Crippen molar-refractivity contribution in [3.8, 4) is 0 Å². The molecule has 1 saturated carbocycles. The van der Waals surface area contributed by atoms with Gasteiger partial charge in [0.25, 0.3) is 0 Å². The molecule has 2 rings (SSSR count). The Morgan fingerprint density at radius 3 is 2.33 bits per heavy atom. The average molecular weight is 247 g/mol. The molecule has 2 heteroatoms. The van der Waals surface area contributed by atoms with E-state index in [0.29, 0.717) is 0 Å². The molecule has 1 aromatic rings. The van der Waals surface area contributed by atoms with Gasteiger partial charge >= 0.3 is 0 Å². The van der Waals surface area contributed by atoms with Gasteiger partial charge in [-0.2, -0.15) is 0 Å². The average Bonchev–Trinajstić information content (AvgIpc) is 3.07. The van der Waals surface area contributed by atoms with Crippen LogP contribution >= 0.6 is 0 Å². The predicted molar refractivity (Wildman–Crippen MR) is 75.8 cm³/mol. The molecule has 0 aromatic heterocycles. The monoisotopic (exact) mass is 247 g/mol. The summed E-state index contributed by atoms with van der Waals surface area (Å²) in [5, 5.41) is 3.57. The van der Waals surface area contributed by atoms with Gasteiger partial charge in [0.05, 0.1) is 11.7 Å². The van der Waals surface area contributed by atoms with Crippen molar-refractivity contribution < 1.29 is 4.74 Å². The fourth-order valence-electron chi connectivity index (χ4n) is 2.00. The second-order valence-corrected chi connectivity index (χ2v) is 6.31. The van der Waals surface area contributed by atoms with Crippen LogP contribution in [0.4, 0.5) is 0 Å². The van der Waals surface area contributed by atoms with E-state index in [1.54, 1.807) is 0 Å². The summed E-state index contributed by atoms with van der Waals surface area (Å²) in [6.07, 6.45) is 2.78. The van der Waals surface area contributed by atoms with Gasteiger partial charge in [-0.25, -0.2) is 0 Å². The van der Waals surface area contributed by atoms with Crippen LogP contribution in [0.5, 0.6) is 0 Å². The molecular formula is C16H25NO. The number of ether oxygens (including phenoxy) is 1. The van der Waals surface area contributed by atoms with Gasteiger partial charge in [-0.05, 0) is 46.1 Å². The fraction of sp³-hybridized carbons (Fsp3) is 0.625. The highest BCUT2D eigenvalue weighted by atomic mass is 16.5. The zero-order valence-corrected chi connectivity index (χ0v) is 12.0. The second kappa shape index (κ2) is 5.41. The molecule has 1 fully saturated rings. The van der Waals surface area contributed by atoms with E-state index in [4.69, 9.17) is 4.74 Å². The Kier molecular flexibility index (Phi) is 4.08. The van der Waals surface area contributed by atoms with E-state index >= 15 is 0 Å². The van der Waals surface area contributed by atoms with E-state index in [-0.39, 0.29) is 11.7 Å². The summed E-state index contributed by atoms with van der Waals surface area (Å²) in [6, 6.07) is 9.40. The lowest BCUT2D eigenvalue weighted by Crippen LogP contribution is -2.31. The molecular weight excluding hydrogens is 222 g/mol. The summed E-state index contributed by atoms with van der Waals surface area (Å²) >= 11 is 0. The van der Waals surface area contributed by atoms with Gasteiger partial charge in [-0.1, -0.05) is 29.8 Å². The Bertz CT molecular complexity index is 373. The number of rotatable bonds is 5. The molecule has 1 aliphatic carbocycles. The van der Waals surface area contributed by atoms with Gasteiger partial charge in [0.1, 0.15) is 0 Å². The van der Waals surface area contributed by atoms with Crippen molar-refractivity contribution in [2.45, 2.75) is 58.3 Å². The molecule has 0 amide bonds. The van der Waals surface area contributed by atoms with Gasteiger partial charge in [-0.3, -0.25) is 0 Å². The summed E-state index contributed by atoms with van der Waals surface area (Å²) in [5.74, 6) is 0. The van der Waals surface area contributed by atoms with Crippen molar-refractivity contribution in [2.24, 2.45) is 0 Å². The first-order valence-electron chi connectivity index (χ1n) is 6.92. The Morgan fingerprint density at radius 2 is 1.83 bits per heavy atom. The van der Waals surface area contributed by atoms with Crippen LogP contribution in [0.1, 0.15) is 50.8 Å². The molecule has 1 N–H and O–H groups in total. The van der Waals surface area contributed by atoms with E-state index in [9.17, 15) is 0 Å². The molecule has 1 aromatic carbocycles. The minimum atomic E-state index is -0.110. The minimum Gasteiger partial charge on any atom is -0.367 e. The third-order valence-electron chi connectivity index (χ3n) is 3.11. The van der Waals surface area contributed by atoms with Crippen LogP contribution in [-0.2, 0) is 4.74 Å². The molecule has 0 spiro atoms. The van der Waals surface area contributed by atoms with E-state index in [1.165, 1.54) is 24.0 Å². The lowest BCUT2D eigenvalue weighted by Gasteiger charge is -2.28. The first-order valence-corrected chi connectivity index (χ1v) is 6.92.